The van der Waals surface area contributed by atoms with Crippen molar-refractivity contribution in [2.45, 2.75) is 31.1 Å². The molecule has 0 saturated heterocycles. The molecule has 1 fully saturated rings. The van der Waals surface area contributed by atoms with Crippen molar-refractivity contribution in [1.82, 2.24) is 4.98 Å². The van der Waals surface area contributed by atoms with E-state index in [0.29, 0.717) is 17.5 Å². The fourth-order valence-corrected chi connectivity index (χ4v) is 2.80. The molecule has 1 aromatic rings. The van der Waals surface area contributed by atoms with Crippen LogP contribution in [0.4, 0.5) is 0 Å². The third kappa shape index (κ3) is 0.816. The predicted molar refractivity (Wildman–Crippen MR) is 47.1 cm³/mol. The summed E-state index contributed by atoms with van der Waals surface area (Å²) in [7, 11) is 0. The van der Waals surface area contributed by atoms with Crippen molar-refractivity contribution >= 4 is 5.97 Å². The Labute approximate surface area is 75.8 Å². The van der Waals surface area contributed by atoms with Crippen LogP contribution >= 0.6 is 0 Å². The smallest absolute Gasteiger partial charge is 0.352 e. The number of hydrogen-bond acceptors (Lipinski definition) is 1. The minimum absolute atomic E-state index is 0.363. The zero-order valence-electron chi connectivity index (χ0n) is 7.21. The average Bonchev–Trinajstić information content (AvgIpc) is 2.76. The highest BCUT2D eigenvalue weighted by molar-refractivity contribution is 5.86. The van der Waals surface area contributed by atoms with E-state index in [0.717, 1.165) is 0 Å². The summed E-state index contributed by atoms with van der Waals surface area (Å²) in [4.78, 5) is 13.7. The van der Waals surface area contributed by atoms with Crippen molar-refractivity contribution in [2.24, 2.45) is 0 Å². The second-order valence-electron chi connectivity index (χ2n) is 4.06. The topological polar surface area (TPSA) is 53.1 Å². The lowest BCUT2D eigenvalue weighted by atomic mass is 9.98. The zero-order chi connectivity index (χ0) is 9.00. The molecule has 1 saturated carbocycles. The van der Waals surface area contributed by atoms with E-state index in [2.05, 4.69) is 4.98 Å². The number of hydrogen-bond donors (Lipinski definition) is 2. The fraction of sp³-hybridized carbons (Fsp3) is 0.500. The third-order valence-electron chi connectivity index (χ3n) is 3.39. The zero-order valence-corrected chi connectivity index (χ0v) is 7.21. The Kier molecular flexibility index (Phi) is 1.19. The Morgan fingerprint density at radius 2 is 2.23 bits per heavy atom. The first-order valence-electron chi connectivity index (χ1n) is 4.72. The molecule has 2 atom stereocenters. The van der Waals surface area contributed by atoms with Gasteiger partial charge in [-0.25, -0.2) is 4.79 Å². The summed E-state index contributed by atoms with van der Waals surface area (Å²) in [6.45, 7) is 0. The van der Waals surface area contributed by atoms with Crippen LogP contribution in [0.3, 0.4) is 0 Å². The summed E-state index contributed by atoms with van der Waals surface area (Å²) in [6.07, 6.45) is 3.72. The van der Waals surface area contributed by atoms with Gasteiger partial charge in [-0.3, -0.25) is 0 Å². The summed E-state index contributed by atoms with van der Waals surface area (Å²) < 4.78 is 0. The highest BCUT2D eigenvalue weighted by Gasteiger charge is 2.38. The Balaban J connectivity index is 2.11. The maximum atomic E-state index is 10.7. The molecule has 0 aromatic carbocycles. The molecule has 3 heteroatoms. The van der Waals surface area contributed by atoms with Gasteiger partial charge in [-0.15, -0.1) is 0 Å². The Morgan fingerprint density at radius 3 is 2.92 bits per heavy atom. The largest absolute Gasteiger partial charge is 0.477 e. The molecule has 0 radical (unpaired) electrons. The molecule has 13 heavy (non-hydrogen) atoms. The number of aromatic amines is 1. The van der Waals surface area contributed by atoms with Crippen LogP contribution in [-0.2, 0) is 0 Å². The molecule has 2 bridgehead atoms. The predicted octanol–water partition coefficient (Wildman–Crippen LogP) is 2.08. The van der Waals surface area contributed by atoms with Gasteiger partial charge in [0.05, 0.1) is 0 Å². The van der Waals surface area contributed by atoms with E-state index in [9.17, 15) is 4.79 Å². The molecule has 3 rings (SSSR count). The SMILES string of the molecule is O=C(O)c1cc2c([nH]1)[C@H]1CC[C@@H]2C1. The van der Waals surface area contributed by atoms with Crippen molar-refractivity contribution in [1.29, 1.82) is 0 Å². The van der Waals surface area contributed by atoms with Crippen LogP contribution in [-0.4, -0.2) is 16.1 Å². The Morgan fingerprint density at radius 1 is 1.46 bits per heavy atom. The van der Waals surface area contributed by atoms with Crippen molar-refractivity contribution in [2.75, 3.05) is 0 Å². The van der Waals surface area contributed by atoms with Gasteiger partial charge >= 0.3 is 5.97 Å². The summed E-state index contributed by atoms with van der Waals surface area (Å²) in [6, 6.07) is 1.82. The fourth-order valence-electron chi connectivity index (χ4n) is 2.80. The van der Waals surface area contributed by atoms with Crippen molar-refractivity contribution in [3.05, 3.63) is 23.0 Å². The van der Waals surface area contributed by atoms with Gasteiger partial charge in [0.25, 0.3) is 0 Å². The number of nitrogens with one attached hydrogen (secondary N) is 1. The molecular formula is C10H11NO2. The van der Waals surface area contributed by atoms with Crippen LogP contribution in [0, 0.1) is 0 Å². The number of carbonyl (C=O) groups is 1. The third-order valence-corrected chi connectivity index (χ3v) is 3.39. The summed E-state index contributed by atoms with van der Waals surface area (Å²) >= 11 is 0. The van der Waals surface area contributed by atoms with Gasteiger partial charge < -0.3 is 10.1 Å². The molecule has 0 unspecified atom stereocenters. The second kappa shape index (κ2) is 2.16. The highest BCUT2D eigenvalue weighted by Crippen LogP contribution is 2.52. The summed E-state index contributed by atoms with van der Waals surface area (Å²) in [5, 5.41) is 8.80. The van der Waals surface area contributed by atoms with Crippen LogP contribution in [0.2, 0.25) is 0 Å². The van der Waals surface area contributed by atoms with Crippen molar-refractivity contribution < 1.29 is 9.90 Å². The monoisotopic (exact) mass is 177 g/mol. The normalized spacial score (nSPS) is 29.2. The first-order chi connectivity index (χ1) is 6.25. The Hall–Kier alpha value is -1.25. The number of aromatic nitrogens is 1. The number of fused-ring (bicyclic) bond motifs is 5. The lowest BCUT2D eigenvalue weighted by Gasteiger charge is -2.08. The van der Waals surface area contributed by atoms with E-state index in [-0.39, 0.29) is 0 Å². The maximum Gasteiger partial charge on any atom is 0.352 e. The van der Waals surface area contributed by atoms with Crippen LogP contribution in [0.25, 0.3) is 0 Å². The lowest BCUT2D eigenvalue weighted by molar-refractivity contribution is 0.0691. The summed E-state index contributed by atoms with van der Waals surface area (Å²) in [5.41, 5.74) is 2.84. The lowest BCUT2D eigenvalue weighted by Crippen LogP contribution is -1.98. The van der Waals surface area contributed by atoms with E-state index in [4.69, 9.17) is 5.11 Å². The molecule has 3 nitrogen and oxygen atoms in total. The first-order valence-corrected chi connectivity index (χ1v) is 4.72. The van der Waals surface area contributed by atoms with Crippen LogP contribution in [0.5, 0.6) is 0 Å². The number of rotatable bonds is 1. The van der Waals surface area contributed by atoms with Crippen LogP contribution in [0.15, 0.2) is 6.07 Å². The van der Waals surface area contributed by atoms with Gasteiger partial charge in [0.1, 0.15) is 5.69 Å². The van der Waals surface area contributed by atoms with Gasteiger partial charge in [-0.1, -0.05) is 0 Å². The molecular weight excluding hydrogens is 166 g/mol. The van der Waals surface area contributed by atoms with Gasteiger partial charge in [0.2, 0.25) is 0 Å². The second-order valence-corrected chi connectivity index (χ2v) is 4.06. The quantitative estimate of drug-likeness (QED) is 0.690. The van der Waals surface area contributed by atoms with Crippen LogP contribution < -0.4 is 0 Å². The van der Waals surface area contributed by atoms with Crippen LogP contribution in [0.1, 0.15) is 52.8 Å². The van der Waals surface area contributed by atoms with Crippen molar-refractivity contribution in [3.8, 4) is 0 Å². The molecule has 2 N–H and O–H groups in total. The molecule has 0 aliphatic heterocycles. The number of aromatic carboxylic acids is 1. The van der Waals surface area contributed by atoms with E-state index >= 15 is 0 Å². The van der Waals surface area contributed by atoms with E-state index in [1.54, 1.807) is 0 Å². The van der Waals surface area contributed by atoms with Gasteiger partial charge in [-0.2, -0.15) is 0 Å². The number of carboxylic acid groups (broad SMARTS) is 1. The molecule has 1 aromatic heterocycles. The average molecular weight is 177 g/mol. The van der Waals surface area contributed by atoms with E-state index < -0.39 is 5.97 Å². The van der Waals surface area contributed by atoms with Gasteiger partial charge in [0.15, 0.2) is 0 Å². The van der Waals surface area contributed by atoms with Crippen molar-refractivity contribution in [3.63, 3.8) is 0 Å². The molecule has 68 valence electrons. The first kappa shape index (κ1) is 7.18. The standard InChI is InChI=1S/C10H11NO2/c12-10(13)8-4-7-5-1-2-6(3-5)9(7)11-8/h4-6,11H,1-3H2,(H,12,13)/t5-,6+/m1/s1. The molecule has 1 heterocycles. The highest BCUT2D eigenvalue weighted by atomic mass is 16.4. The minimum Gasteiger partial charge on any atom is -0.477 e. The molecule has 0 spiro atoms. The van der Waals surface area contributed by atoms with E-state index in [1.807, 2.05) is 6.07 Å². The molecule has 2 aliphatic rings. The number of H-pyrrole nitrogens is 1. The van der Waals surface area contributed by atoms with Gasteiger partial charge in [0, 0.05) is 5.69 Å². The van der Waals surface area contributed by atoms with E-state index in [1.165, 1.54) is 30.5 Å². The summed E-state index contributed by atoms with van der Waals surface area (Å²) in [5.74, 6) is 0.422. The molecule has 0 amide bonds. The number of carboxylic acids is 1. The maximum absolute atomic E-state index is 10.7. The van der Waals surface area contributed by atoms with Gasteiger partial charge in [-0.05, 0) is 42.7 Å². The molecule has 2 aliphatic carbocycles. The minimum atomic E-state index is -0.839. The Bertz CT molecular complexity index is 353.